The lowest BCUT2D eigenvalue weighted by Gasteiger charge is -2.42. The quantitative estimate of drug-likeness (QED) is 0.866. The maximum atomic E-state index is 5.92. The Morgan fingerprint density at radius 2 is 1.76 bits per heavy atom. The number of anilines is 1. The van der Waals surface area contributed by atoms with Gasteiger partial charge in [0.1, 0.15) is 0 Å². The first kappa shape index (κ1) is 14.9. The second kappa shape index (κ2) is 6.80. The zero-order valence-corrected chi connectivity index (χ0v) is 13.3. The Morgan fingerprint density at radius 1 is 1.05 bits per heavy atom. The molecular formula is C18H29N3. The lowest BCUT2D eigenvalue weighted by Crippen LogP contribution is -2.47. The van der Waals surface area contributed by atoms with Gasteiger partial charge in [0.2, 0.25) is 0 Å². The first-order valence-electron chi connectivity index (χ1n) is 8.57. The van der Waals surface area contributed by atoms with Gasteiger partial charge in [-0.15, -0.1) is 0 Å². The van der Waals surface area contributed by atoms with Gasteiger partial charge in [-0.05, 0) is 63.4 Å². The van der Waals surface area contributed by atoms with Crippen molar-refractivity contribution in [2.45, 2.75) is 51.1 Å². The van der Waals surface area contributed by atoms with E-state index in [1.807, 2.05) is 6.07 Å². The van der Waals surface area contributed by atoms with Crippen molar-refractivity contribution in [1.29, 1.82) is 0 Å². The minimum atomic E-state index is 0.482. The lowest BCUT2D eigenvalue weighted by molar-refractivity contribution is 0.0758. The maximum absolute atomic E-state index is 5.92. The number of piperidine rings is 2. The molecule has 0 bridgehead atoms. The summed E-state index contributed by atoms with van der Waals surface area (Å²) in [7, 11) is 0. The van der Waals surface area contributed by atoms with Crippen LogP contribution in [0.1, 0.15) is 50.6 Å². The molecule has 0 aliphatic carbocycles. The number of hydrogen-bond acceptors (Lipinski definition) is 3. The molecule has 1 unspecified atom stereocenters. The van der Waals surface area contributed by atoms with Gasteiger partial charge in [-0.3, -0.25) is 4.90 Å². The predicted octanol–water partition coefficient (Wildman–Crippen LogP) is 3.28. The molecule has 3 rings (SSSR count). The Bertz CT molecular complexity index is 446. The highest BCUT2D eigenvalue weighted by atomic mass is 15.2. The molecule has 0 saturated carbocycles. The highest BCUT2D eigenvalue weighted by Crippen LogP contribution is 2.27. The molecule has 2 fully saturated rings. The number of nitrogen functional groups attached to an aromatic ring is 1. The zero-order chi connectivity index (χ0) is 14.7. The van der Waals surface area contributed by atoms with Crippen molar-refractivity contribution in [2.24, 2.45) is 0 Å². The van der Waals surface area contributed by atoms with Crippen molar-refractivity contribution in [3.63, 3.8) is 0 Å². The Hall–Kier alpha value is -1.06. The van der Waals surface area contributed by atoms with E-state index in [9.17, 15) is 0 Å². The second-order valence-electron chi connectivity index (χ2n) is 6.71. The molecule has 2 saturated heterocycles. The summed E-state index contributed by atoms with van der Waals surface area (Å²) in [6.45, 7) is 7.41. The first-order chi connectivity index (χ1) is 10.2. The van der Waals surface area contributed by atoms with Crippen LogP contribution in [-0.2, 0) is 0 Å². The van der Waals surface area contributed by atoms with E-state index >= 15 is 0 Å². The van der Waals surface area contributed by atoms with Gasteiger partial charge in [-0.2, -0.15) is 0 Å². The van der Waals surface area contributed by atoms with E-state index in [1.54, 1.807) is 0 Å². The van der Waals surface area contributed by atoms with Crippen LogP contribution in [-0.4, -0.2) is 42.0 Å². The predicted molar refractivity (Wildman–Crippen MR) is 89.3 cm³/mol. The fourth-order valence-corrected chi connectivity index (χ4v) is 3.95. The molecule has 2 aliphatic heterocycles. The van der Waals surface area contributed by atoms with Gasteiger partial charge in [-0.25, -0.2) is 0 Å². The van der Waals surface area contributed by atoms with Crippen molar-refractivity contribution in [3.8, 4) is 0 Å². The Labute approximate surface area is 129 Å². The number of nitrogens with zero attached hydrogens (tertiary/aromatic N) is 2. The van der Waals surface area contributed by atoms with E-state index in [2.05, 4.69) is 34.9 Å². The zero-order valence-electron chi connectivity index (χ0n) is 13.3. The molecule has 0 radical (unpaired) electrons. The molecule has 21 heavy (non-hydrogen) atoms. The van der Waals surface area contributed by atoms with Crippen LogP contribution in [0.25, 0.3) is 0 Å². The summed E-state index contributed by atoms with van der Waals surface area (Å²) >= 11 is 0. The normalized spacial score (nSPS) is 24.0. The Morgan fingerprint density at radius 3 is 2.43 bits per heavy atom. The van der Waals surface area contributed by atoms with Gasteiger partial charge < -0.3 is 10.6 Å². The fraction of sp³-hybridized carbons (Fsp3) is 0.667. The van der Waals surface area contributed by atoms with Gasteiger partial charge in [-0.1, -0.05) is 18.6 Å². The van der Waals surface area contributed by atoms with Gasteiger partial charge >= 0.3 is 0 Å². The molecular weight excluding hydrogens is 258 g/mol. The van der Waals surface area contributed by atoms with Crippen LogP contribution in [0.2, 0.25) is 0 Å². The number of likely N-dealkylation sites (tertiary alicyclic amines) is 2. The van der Waals surface area contributed by atoms with Gasteiger partial charge in [0, 0.05) is 30.9 Å². The molecule has 3 heteroatoms. The smallest absolute Gasteiger partial charge is 0.0320 e. The van der Waals surface area contributed by atoms with Crippen LogP contribution in [0, 0.1) is 0 Å². The van der Waals surface area contributed by atoms with Crippen molar-refractivity contribution >= 4 is 5.69 Å². The monoisotopic (exact) mass is 287 g/mol. The van der Waals surface area contributed by atoms with Crippen LogP contribution >= 0.6 is 0 Å². The van der Waals surface area contributed by atoms with Crippen molar-refractivity contribution < 1.29 is 0 Å². The highest BCUT2D eigenvalue weighted by molar-refractivity contribution is 5.41. The topological polar surface area (TPSA) is 32.5 Å². The summed E-state index contributed by atoms with van der Waals surface area (Å²) in [5.74, 6) is 0. The van der Waals surface area contributed by atoms with Crippen LogP contribution in [0.4, 0.5) is 5.69 Å². The molecule has 0 amide bonds. The third-order valence-electron chi connectivity index (χ3n) is 5.35. The van der Waals surface area contributed by atoms with E-state index in [0.29, 0.717) is 6.04 Å². The summed E-state index contributed by atoms with van der Waals surface area (Å²) in [4.78, 5) is 5.36. The molecule has 2 aliphatic rings. The van der Waals surface area contributed by atoms with Crippen molar-refractivity contribution in [2.75, 3.05) is 31.9 Å². The van der Waals surface area contributed by atoms with E-state index < -0.39 is 0 Å². The minimum Gasteiger partial charge on any atom is -0.399 e. The summed E-state index contributed by atoms with van der Waals surface area (Å²) in [6, 6.07) is 9.69. The van der Waals surface area contributed by atoms with Crippen LogP contribution in [0.5, 0.6) is 0 Å². The number of nitrogens with two attached hydrogens (primary N) is 1. The third-order valence-corrected chi connectivity index (χ3v) is 5.35. The molecule has 0 aromatic heterocycles. The van der Waals surface area contributed by atoms with Crippen molar-refractivity contribution in [1.82, 2.24) is 9.80 Å². The molecule has 1 aromatic carbocycles. The average molecular weight is 287 g/mol. The SMILES string of the molecule is CC(c1cccc(N)c1)N1CCC(N2CCCCC2)CC1. The lowest BCUT2D eigenvalue weighted by atomic mass is 9.97. The Kier molecular flexibility index (Phi) is 4.81. The molecule has 2 N–H and O–H groups in total. The molecule has 0 spiro atoms. The summed E-state index contributed by atoms with van der Waals surface area (Å²) in [5.41, 5.74) is 8.15. The number of benzene rings is 1. The summed E-state index contributed by atoms with van der Waals surface area (Å²) < 4.78 is 0. The highest BCUT2D eigenvalue weighted by Gasteiger charge is 2.27. The van der Waals surface area contributed by atoms with E-state index in [0.717, 1.165) is 11.7 Å². The molecule has 1 aromatic rings. The minimum absolute atomic E-state index is 0.482. The standard InChI is InChI=1S/C18H29N3/c1-15(16-6-5-7-17(19)14-16)20-12-8-18(9-13-20)21-10-3-2-4-11-21/h5-7,14-15,18H,2-4,8-13,19H2,1H3. The van der Waals surface area contributed by atoms with Gasteiger partial charge in [0.15, 0.2) is 0 Å². The average Bonchev–Trinajstić information content (AvgIpc) is 2.55. The van der Waals surface area contributed by atoms with Gasteiger partial charge in [0.25, 0.3) is 0 Å². The summed E-state index contributed by atoms with van der Waals surface area (Å²) in [5, 5.41) is 0. The van der Waals surface area contributed by atoms with Crippen molar-refractivity contribution in [3.05, 3.63) is 29.8 Å². The van der Waals surface area contributed by atoms with E-state index in [4.69, 9.17) is 5.73 Å². The Balaban J connectivity index is 1.55. The molecule has 3 nitrogen and oxygen atoms in total. The van der Waals surface area contributed by atoms with Crippen LogP contribution in [0.3, 0.4) is 0 Å². The molecule has 116 valence electrons. The maximum Gasteiger partial charge on any atom is 0.0320 e. The van der Waals surface area contributed by atoms with E-state index in [1.165, 1.54) is 63.8 Å². The largest absolute Gasteiger partial charge is 0.399 e. The third kappa shape index (κ3) is 3.58. The molecule has 2 heterocycles. The van der Waals surface area contributed by atoms with Crippen LogP contribution in [0.15, 0.2) is 24.3 Å². The number of hydrogen-bond donors (Lipinski definition) is 1. The van der Waals surface area contributed by atoms with Gasteiger partial charge in [0.05, 0.1) is 0 Å². The van der Waals surface area contributed by atoms with E-state index in [-0.39, 0.29) is 0 Å². The summed E-state index contributed by atoms with van der Waals surface area (Å²) in [6.07, 6.45) is 6.89. The second-order valence-corrected chi connectivity index (χ2v) is 6.71. The molecule has 1 atom stereocenters. The fourth-order valence-electron chi connectivity index (χ4n) is 3.95. The number of rotatable bonds is 3. The first-order valence-corrected chi connectivity index (χ1v) is 8.57. The van der Waals surface area contributed by atoms with Crippen LogP contribution < -0.4 is 5.73 Å².